The average Bonchev–Trinajstić information content (AvgIpc) is 3.41. The SMILES string of the molecule is CC/C=C\C/C=C\C/C=C\C/C=C\C/C=C\C/C=C\CCCCCCCCCCC(=O)OC(COC(=O)CCCCCCCCCCCCCCCCC/C=C\C/C=C\CCCCCCC)COP(=O)([O-])OCC[N+](C)(C)C. The van der Waals surface area contributed by atoms with Crippen LogP contribution < -0.4 is 4.89 Å². The van der Waals surface area contributed by atoms with Crippen molar-refractivity contribution < 1.29 is 42.1 Å². The Kier molecular flexibility index (Phi) is 56.3. The molecule has 0 rings (SSSR count). The molecule has 0 aromatic heterocycles. The van der Waals surface area contributed by atoms with Gasteiger partial charge in [0.1, 0.15) is 19.8 Å². The number of hydrogen-bond donors (Lipinski definition) is 0. The number of likely N-dealkylation sites (N-methyl/N-ethyl adjacent to an activating group) is 1. The molecule has 0 saturated heterocycles. The lowest BCUT2D eigenvalue weighted by Gasteiger charge is -2.28. The van der Waals surface area contributed by atoms with Crippen molar-refractivity contribution in [2.75, 3.05) is 47.5 Å². The van der Waals surface area contributed by atoms with Gasteiger partial charge in [0.2, 0.25) is 0 Å². The number of carbonyl (C=O) groups is 2. The number of quaternary nitrogens is 1. The van der Waals surface area contributed by atoms with Gasteiger partial charge in [0.05, 0.1) is 27.7 Å². The molecule has 2 atom stereocenters. The maximum Gasteiger partial charge on any atom is 0.306 e. The van der Waals surface area contributed by atoms with Crippen LogP contribution in [0.2, 0.25) is 0 Å². The predicted molar refractivity (Wildman–Crippen MR) is 332 cm³/mol. The molecule has 2 unspecified atom stereocenters. The lowest BCUT2D eigenvalue weighted by atomic mass is 10.0. The first-order valence-corrected chi connectivity index (χ1v) is 33.4. The van der Waals surface area contributed by atoms with Crippen LogP contribution in [0.15, 0.2) is 97.2 Å². The number of phosphoric acid groups is 1. The summed E-state index contributed by atoms with van der Waals surface area (Å²) >= 11 is 0. The number of allylic oxidation sites excluding steroid dienone is 16. The van der Waals surface area contributed by atoms with Crippen molar-refractivity contribution in [3.63, 3.8) is 0 Å². The highest BCUT2D eigenvalue weighted by atomic mass is 31.2. The maximum atomic E-state index is 12.8. The molecule has 0 fully saturated rings. The van der Waals surface area contributed by atoms with E-state index in [9.17, 15) is 19.0 Å². The molecule has 0 aromatic rings. The minimum atomic E-state index is -4.65. The largest absolute Gasteiger partial charge is 0.756 e. The number of ether oxygens (including phenoxy) is 2. The van der Waals surface area contributed by atoms with Crippen LogP contribution in [0.3, 0.4) is 0 Å². The number of esters is 2. The van der Waals surface area contributed by atoms with Crippen LogP contribution in [-0.2, 0) is 32.7 Å². The van der Waals surface area contributed by atoms with Crippen molar-refractivity contribution in [1.29, 1.82) is 0 Å². The number of hydrogen-bond acceptors (Lipinski definition) is 8. The Hall–Kier alpha value is -3.07. The number of rotatable bonds is 58. The van der Waals surface area contributed by atoms with Gasteiger partial charge in [0.15, 0.2) is 6.10 Å². The molecule has 0 radical (unpaired) electrons. The minimum Gasteiger partial charge on any atom is -0.756 e. The van der Waals surface area contributed by atoms with Crippen LogP contribution in [0.5, 0.6) is 0 Å². The summed E-state index contributed by atoms with van der Waals surface area (Å²) < 4.78 is 34.2. The molecule has 0 aliphatic heterocycles. The van der Waals surface area contributed by atoms with Crippen LogP contribution in [0, 0.1) is 0 Å². The van der Waals surface area contributed by atoms with E-state index in [1.54, 1.807) is 0 Å². The van der Waals surface area contributed by atoms with E-state index in [0.29, 0.717) is 17.4 Å². The van der Waals surface area contributed by atoms with E-state index >= 15 is 0 Å². The summed E-state index contributed by atoms with van der Waals surface area (Å²) in [5.41, 5.74) is 0. The molecular formula is C68H120NO8P. The van der Waals surface area contributed by atoms with Crippen molar-refractivity contribution in [3.05, 3.63) is 97.2 Å². The Morgan fingerprint density at radius 1 is 0.410 bits per heavy atom. The molecule has 10 heteroatoms. The van der Waals surface area contributed by atoms with Gasteiger partial charge in [-0.05, 0) is 96.3 Å². The molecule has 0 amide bonds. The summed E-state index contributed by atoms with van der Waals surface area (Å²) in [5, 5.41) is 0. The van der Waals surface area contributed by atoms with Crippen molar-refractivity contribution >= 4 is 19.8 Å². The molecule has 0 heterocycles. The first kappa shape index (κ1) is 74.9. The van der Waals surface area contributed by atoms with Gasteiger partial charge in [0.25, 0.3) is 7.82 Å². The highest BCUT2D eigenvalue weighted by Crippen LogP contribution is 2.38. The summed E-state index contributed by atoms with van der Waals surface area (Å²) in [4.78, 5) is 38.0. The first-order chi connectivity index (χ1) is 38.0. The second-order valence-corrected chi connectivity index (χ2v) is 23.8. The Morgan fingerprint density at radius 2 is 0.731 bits per heavy atom. The molecule has 0 bridgehead atoms. The van der Waals surface area contributed by atoms with E-state index < -0.39 is 26.5 Å². The molecule has 0 aromatic carbocycles. The Balaban J connectivity index is 4.14. The summed E-state index contributed by atoms with van der Waals surface area (Å²) in [5.74, 6) is -0.841. The van der Waals surface area contributed by atoms with Crippen LogP contribution in [-0.4, -0.2) is 70.0 Å². The zero-order valence-electron chi connectivity index (χ0n) is 51.1. The zero-order valence-corrected chi connectivity index (χ0v) is 52.0. The first-order valence-electron chi connectivity index (χ1n) is 31.9. The molecular weight excluding hydrogens is 990 g/mol. The Labute approximate surface area is 481 Å². The van der Waals surface area contributed by atoms with E-state index in [-0.39, 0.29) is 32.0 Å². The normalized spacial score (nSPS) is 13.9. The lowest BCUT2D eigenvalue weighted by Crippen LogP contribution is -2.37. The lowest BCUT2D eigenvalue weighted by molar-refractivity contribution is -0.870. The summed E-state index contributed by atoms with van der Waals surface area (Å²) in [6.07, 6.45) is 80.3. The smallest absolute Gasteiger partial charge is 0.306 e. The van der Waals surface area contributed by atoms with Crippen LogP contribution in [0.1, 0.15) is 271 Å². The summed E-state index contributed by atoms with van der Waals surface area (Å²) in [6.45, 7) is 4.12. The molecule has 9 nitrogen and oxygen atoms in total. The van der Waals surface area contributed by atoms with Gasteiger partial charge in [-0.1, -0.05) is 259 Å². The third-order valence-corrected chi connectivity index (χ3v) is 14.6. The van der Waals surface area contributed by atoms with E-state index in [1.807, 2.05) is 21.1 Å². The second-order valence-electron chi connectivity index (χ2n) is 22.4. The van der Waals surface area contributed by atoms with Crippen molar-refractivity contribution in [2.45, 2.75) is 277 Å². The second kappa shape index (κ2) is 58.6. The third kappa shape index (κ3) is 62.1. The van der Waals surface area contributed by atoms with Crippen LogP contribution in [0.4, 0.5) is 0 Å². The molecule has 450 valence electrons. The third-order valence-electron chi connectivity index (χ3n) is 13.6. The number of phosphoric ester groups is 1. The molecule has 0 saturated carbocycles. The van der Waals surface area contributed by atoms with Gasteiger partial charge in [-0.3, -0.25) is 14.2 Å². The molecule has 0 N–H and O–H groups in total. The van der Waals surface area contributed by atoms with Gasteiger partial charge in [-0.25, -0.2) is 0 Å². The quantitative estimate of drug-likeness (QED) is 0.0195. The average molecular weight is 1110 g/mol. The molecule has 0 spiro atoms. The maximum absolute atomic E-state index is 12.8. The monoisotopic (exact) mass is 1110 g/mol. The minimum absolute atomic E-state index is 0.0364. The molecule has 78 heavy (non-hydrogen) atoms. The van der Waals surface area contributed by atoms with Gasteiger partial charge in [-0.15, -0.1) is 0 Å². The fourth-order valence-electron chi connectivity index (χ4n) is 8.69. The van der Waals surface area contributed by atoms with Crippen molar-refractivity contribution in [3.8, 4) is 0 Å². The van der Waals surface area contributed by atoms with Crippen molar-refractivity contribution in [2.24, 2.45) is 0 Å². The number of carbonyl (C=O) groups excluding carboxylic acids is 2. The fourth-order valence-corrected chi connectivity index (χ4v) is 9.42. The highest BCUT2D eigenvalue weighted by molar-refractivity contribution is 7.45. The van der Waals surface area contributed by atoms with E-state index in [4.69, 9.17) is 18.5 Å². The summed E-state index contributed by atoms with van der Waals surface area (Å²) in [7, 11) is 1.15. The van der Waals surface area contributed by atoms with Gasteiger partial charge in [0, 0.05) is 12.8 Å². The number of unbranched alkanes of at least 4 members (excludes halogenated alkanes) is 28. The van der Waals surface area contributed by atoms with E-state index in [2.05, 4.69) is 111 Å². The highest BCUT2D eigenvalue weighted by Gasteiger charge is 2.22. The Bertz CT molecular complexity index is 1640. The standard InChI is InChI=1S/C68H120NO8P/c1-6-8-10-12-14-16-18-20-22-24-26-28-30-32-34-36-38-40-42-44-46-48-50-52-54-56-58-60-67(70)74-64-66(65-76-78(72,73)75-63-62-69(3,4)5)77-68(71)61-59-57-55-53-51-49-47-45-43-41-39-37-35-33-31-29-27-25-23-21-19-17-15-13-11-9-7-2/h9,11,15,17-18,20-21,23-24,26-27,29,33,35,39,41,66H,6-8,10,12-14,16,19,22,25,28,30-32,34,36-38,40,42-65H2,1-5H3/b11-9-,17-15-,20-18-,23-21-,26-24-,29-27-,35-33-,41-39-. The summed E-state index contributed by atoms with van der Waals surface area (Å²) in [6, 6.07) is 0. The van der Waals surface area contributed by atoms with Crippen LogP contribution >= 0.6 is 7.82 Å². The molecule has 0 aliphatic carbocycles. The van der Waals surface area contributed by atoms with Crippen molar-refractivity contribution in [1.82, 2.24) is 0 Å². The van der Waals surface area contributed by atoms with Gasteiger partial charge >= 0.3 is 11.9 Å². The number of nitrogens with zero attached hydrogens (tertiary/aromatic N) is 1. The van der Waals surface area contributed by atoms with E-state index in [0.717, 1.165) is 89.9 Å². The van der Waals surface area contributed by atoms with Gasteiger partial charge in [-0.2, -0.15) is 0 Å². The van der Waals surface area contributed by atoms with E-state index in [1.165, 1.54) is 148 Å². The topological polar surface area (TPSA) is 111 Å². The molecule has 0 aliphatic rings. The Morgan fingerprint density at radius 3 is 1.09 bits per heavy atom. The predicted octanol–water partition coefficient (Wildman–Crippen LogP) is 19.7. The van der Waals surface area contributed by atoms with Crippen LogP contribution in [0.25, 0.3) is 0 Å². The fraction of sp³-hybridized carbons (Fsp3) is 0.735. The van der Waals surface area contributed by atoms with Gasteiger partial charge < -0.3 is 27.9 Å². The zero-order chi connectivity index (χ0) is 57.0.